The van der Waals surface area contributed by atoms with Crippen molar-refractivity contribution in [1.82, 2.24) is 10.2 Å². The Kier molecular flexibility index (Phi) is 14.1. The number of carbonyl (C=O) groups excluding carboxylic acids is 4. The highest BCUT2D eigenvalue weighted by molar-refractivity contribution is 6.38. The molecular formula is C36H50N2O9. The highest BCUT2D eigenvalue weighted by Crippen LogP contribution is 2.32. The van der Waals surface area contributed by atoms with Crippen LogP contribution in [0.4, 0.5) is 0 Å². The topological polar surface area (TPSA) is 141 Å². The summed E-state index contributed by atoms with van der Waals surface area (Å²) in [5.41, 5.74) is 0.758. The van der Waals surface area contributed by atoms with Gasteiger partial charge in [0.05, 0.1) is 20.3 Å². The summed E-state index contributed by atoms with van der Waals surface area (Å²) in [6.07, 6.45) is 2.44. The molecule has 3 atom stereocenters. The average Bonchev–Trinajstić information content (AvgIpc) is 3.08. The molecule has 0 aliphatic carbocycles. The highest BCUT2D eigenvalue weighted by atomic mass is 16.5. The van der Waals surface area contributed by atoms with Crippen LogP contribution in [-0.4, -0.2) is 79.6 Å². The van der Waals surface area contributed by atoms with Gasteiger partial charge < -0.3 is 34.3 Å². The number of ketones is 1. The third-order valence-corrected chi connectivity index (χ3v) is 8.61. The van der Waals surface area contributed by atoms with Gasteiger partial charge >= 0.3 is 5.97 Å². The summed E-state index contributed by atoms with van der Waals surface area (Å²) in [7, 11) is 3.13. The number of hydrogen-bond acceptors (Lipinski definition) is 9. The predicted octanol–water partition coefficient (Wildman–Crippen LogP) is 4.57. The summed E-state index contributed by atoms with van der Waals surface area (Å²) in [6.45, 7) is 7.41. The molecule has 1 fully saturated rings. The number of aryl methyl sites for hydroxylation is 1. The number of Topliss-reactive ketones (excluding diaryl/α,β-unsaturated/α-hetero) is 1. The predicted molar refractivity (Wildman–Crippen MR) is 176 cm³/mol. The third kappa shape index (κ3) is 10.7. The van der Waals surface area contributed by atoms with Crippen molar-refractivity contribution in [2.75, 3.05) is 33.9 Å². The summed E-state index contributed by atoms with van der Waals surface area (Å²) in [4.78, 5) is 53.9. The van der Waals surface area contributed by atoms with E-state index in [1.54, 1.807) is 53.2 Å². The first-order chi connectivity index (χ1) is 22.4. The van der Waals surface area contributed by atoms with E-state index in [0.29, 0.717) is 74.4 Å². The number of rotatable bonds is 17. The Morgan fingerprint density at radius 1 is 1.02 bits per heavy atom. The largest absolute Gasteiger partial charge is 0.493 e. The number of ether oxygens (including phenoxy) is 4. The number of carbonyl (C=O) groups is 4. The number of esters is 1. The molecule has 258 valence electrons. The van der Waals surface area contributed by atoms with Gasteiger partial charge in [-0.2, -0.15) is 0 Å². The molecule has 11 nitrogen and oxygen atoms in total. The maximum absolute atomic E-state index is 13.8. The summed E-state index contributed by atoms with van der Waals surface area (Å²) >= 11 is 0. The minimum Gasteiger partial charge on any atom is -0.493 e. The van der Waals surface area contributed by atoms with E-state index in [9.17, 15) is 24.3 Å². The first-order valence-electron chi connectivity index (χ1n) is 16.3. The molecule has 0 bridgehead atoms. The smallest absolute Gasteiger partial charge is 0.329 e. The van der Waals surface area contributed by atoms with Gasteiger partial charge in [0.25, 0.3) is 11.8 Å². The third-order valence-electron chi connectivity index (χ3n) is 8.61. The van der Waals surface area contributed by atoms with Crippen molar-refractivity contribution in [3.05, 3.63) is 53.6 Å². The Hall–Kier alpha value is -4.12. The molecule has 3 rings (SSSR count). The average molecular weight is 655 g/mol. The lowest BCUT2D eigenvalue weighted by Crippen LogP contribution is -2.53. The van der Waals surface area contributed by atoms with Gasteiger partial charge in [-0.05, 0) is 87.3 Å². The van der Waals surface area contributed by atoms with Crippen LogP contribution in [0.2, 0.25) is 0 Å². The number of nitrogens with zero attached hydrogens (tertiary/aromatic N) is 1. The number of piperidine rings is 1. The Morgan fingerprint density at radius 2 is 1.77 bits per heavy atom. The van der Waals surface area contributed by atoms with E-state index in [1.807, 2.05) is 31.2 Å². The van der Waals surface area contributed by atoms with Gasteiger partial charge in [0.15, 0.2) is 18.1 Å². The zero-order valence-electron chi connectivity index (χ0n) is 28.5. The van der Waals surface area contributed by atoms with Crippen LogP contribution in [0.15, 0.2) is 42.5 Å². The minimum absolute atomic E-state index is 0.222. The SMILES string of the molecule is CCC(C)(C)C(=O)C(=O)N1CCCCC1C(=O)O[C@H](CCc1ccc(OC)c(OC)c1)c1cccc(OCC(=O)NCCC(C)O)c1. The number of amides is 2. The Balaban J connectivity index is 1.83. The quantitative estimate of drug-likeness (QED) is 0.185. The van der Waals surface area contributed by atoms with Gasteiger partial charge in [-0.15, -0.1) is 0 Å². The molecular weight excluding hydrogens is 604 g/mol. The molecule has 0 spiro atoms. The fourth-order valence-corrected chi connectivity index (χ4v) is 5.27. The molecule has 2 aromatic carbocycles. The number of nitrogens with one attached hydrogen (secondary N) is 1. The van der Waals surface area contributed by atoms with Crippen molar-refractivity contribution >= 4 is 23.6 Å². The zero-order chi connectivity index (χ0) is 34.6. The van der Waals surface area contributed by atoms with E-state index >= 15 is 0 Å². The van der Waals surface area contributed by atoms with E-state index < -0.39 is 41.3 Å². The standard InChI is InChI=1S/C36H50N2O9/c1-7-36(3,4)33(41)34(42)38-20-9-8-13-28(38)35(43)47-29(16-14-25-15-17-30(44-5)31(21-25)45-6)26-11-10-12-27(22-26)46-23-32(40)37-19-18-24(2)39/h10-12,15,17,21-22,24,28-29,39H,7-9,13-14,16,18-20,23H2,1-6H3,(H,37,40)/t24?,28?,29-/m1/s1. The monoisotopic (exact) mass is 654 g/mol. The molecule has 47 heavy (non-hydrogen) atoms. The van der Waals surface area contributed by atoms with Gasteiger partial charge in [-0.3, -0.25) is 14.4 Å². The maximum atomic E-state index is 13.8. The Bertz CT molecular complexity index is 1370. The van der Waals surface area contributed by atoms with E-state index in [2.05, 4.69) is 5.32 Å². The summed E-state index contributed by atoms with van der Waals surface area (Å²) in [6, 6.07) is 11.7. The van der Waals surface area contributed by atoms with E-state index in [0.717, 1.165) is 12.0 Å². The van der Waals surface area contributed by atoms with Crippen LogP contribution in [0.1, 0.15) is 83.5 Å². The van der Waals surface area contributed by atoms with Crippen molar-refractivity contribution in [2.45, 2.75) is 90.9 Å². The van der Waals surface area contributed by atoms with Gasteiger partial charge in [0.1, 0.15) is 17.9 Å². The Labute approximate surface area is 277 Å². The number of aliphatic hydroxyl groups is 1. The van der Waals surface area contributed by atoms with E-state index in [-0.39, 0.29) is 12.5 Å². The summed E-state index contributed by atoms with van der Waals surface area (Å²) < 4.78 is 22.7. The fraction of sp³-hybridized carbons (Fsp3) is 0.556. The molecule has 1 aliphatic rings. The maximum Gasteiger partial charge on any atom is 0.329 e. The van der Waals surface area contributed by atoms with Crippen LogP contribution < -0.4 is 19.5 Å². The van der Waals surface area contributed by atoms with Crippen LogP contribution in [-0.2, 0) is 30.3 Å². The first-order valence-corrected chi connectivity index (χ1v) is 16.3. The molecule has 0 saturated carbocycles. The Morgan fingerprint density at radius 3 is 2.45 bits per heavy atom. The lowest BCUT2D eigenvalue weighted by molar-refractivity contribution is -0.164. The van der Waals surface area contributed by atoms with Gasteiger partial charge in [0.2, 0.25) is 5.78 Å². The highest BCUT2D eigenvalue weighted by Gasteiger charge is 2.41. The molecule has 0 radical (unpaired) electrons. The number of hydrogen-bond donors (Lipinski definition) is 2. The van der Waals surface area contributed by atoms with Crippen LogP contribution in [0.5, 0.6) is 17.2 Å². The van der Waals surface area contributed by atoms with Crippen molar-refractivity contribution in [2.24, 2.45) is 5.41 Å². The molecule has 2 aromatic rings. The summed E-state index contributed by atoms with van der Waals surface area (Å²) in [5, 5.41) is 12.1. The molecule has 2 N–H and O–H groups in total. The molecule has 0 aromatic heterocycles. The lowest BCUT2D eigenvalue weighted by Gasteiger charge is -2.36. The van der Waals surface area contributed by atoms with Gasteiger partial charge in [0, 0.05) is 18.5 Å². The number of benzene rings is 2. The van der Waals surface area contributed by atoms with Crippen molar-refractivity contribution in [3.8, 4) is 17.2 Å². The first kappa shape index (κ1) is 37.3. The second-order valence-electron chi connectivity index (χ2n) is 12.6. The molecule has 11 heteroatoms. The molecule has 1 heterocycles. The second kappa shape index (κ2) is 17.7. The van der Waals surface area contributed by atoms with Crippen molar-refractivity contribution in [3.63, 3.8) is 0 Å². The van der Waals surface area contributed by atoms with Crippen LogP contribution in [0.25, 0.3) is 0 Å². The van der Waals surface area contributed by atoms with Crippen molar-refractivity contribution < 1.29 is 43.2 Å². The number of likely N-dealkylation sites (tertiary alicyclic amines) is 1. The van der Waals surface area contributed by atoms with E-state index in [1.165, 1.54) is 4.90 Å². The van der Waals surface area contributed by atoms with Gasteiger partial charge in [-0.1, -0.05) is 39.0 Å². The normalized spacial score (nSPS) is 16.1. The minimum atomic E-state index is -0.874. The van der Waals surface area contributed by atoms with Crippen LogP contribution in [0.3, 0.4) is 0 Å². The number of aliphatic hydroxyl groups excluding tert-OH is 1. The molecule has 2 unspecified atom stereocenters. The van der Waals surface area contributed by atoms with Crippen LogP contribution >= 0.6 is 0 Å². The van der Waals surface area contributed by atoms with Gasteiger partial charge in [-0.25, -0.2) is 4.79 Å². The van der Waals surface area contributed by atoms with Crippen molar-refractivity contribution in [1.29, 1.82) is 0 Å². The lowest BCUT2D eigenvalue weighted by atomic mass is 9.84. The molecule has 1 aliphatic heterocycles. The second-order valence-corrected chi connectivity index (χ2v) is 12.6. The number of methoxy groups -OCH3 is 2. The molecule has 1 saturated heterocycles. The van der Waals surface area contributed by atoms with E-state index in [4.69, 9.17) is 18.9 Å². The summed E-state index contributed by atoms with van der Waals surface area (Å²) in [5.74, 6) is -0.454. The molecule has 2 amide bonds. The fourth-order valence-electron chi connectivity index (χ4n) is 5.27. The zero-order valence-corrected chi connectivity index (χ0v) is 28.5. The van der Waals surface area contributed by atoms with Crippen LogP contribution in [0, 0.1) is 5.41 Å².